The van der Waals surface area contributed by atoms with Crippen LogP contribution >= 0.6 is 12.2 Å². The van der Waals surface area contributed by atoms with Crippen LogP contribution in [-0.4, -0.2) is 9.91 Å². The Morgan fingerprint density at radius 2 is 1.83 bits per heavy atom. The Kier molecular flexibility index (Phi) is 6.54. The van der Waals surface area contributed by atoms with Gasteiger partial charge in [0.25, 0.3) is 5.69 Å². The summed E-state index contributed by atoms with van der Waals surface area (Å²) in [5.41, 5.74) is 2.81. The molecule has 0 saturated heterocycles. The highest BCUT2D eigenvalue weighted by Gasteiger charge is 2.20. The Hall–Kier alpha value is -3.58. The van der Waals surface area contributed by atoms with Gasteiger partial charge in [-0.25, -0.2) is 0 Å². The highest BCUT2D eigenvalue weighted by molar-refractivity contribution is 7.81. The van der Waals surface area contributed by atoms with Crippen LogP contribution in [0.5, 0.6) is 0 Å². The van der Waals surface area contributed by atoms with Crippen LogP contribution in [0.2, 0.25) is 0 Å². The summed E-state index contributed by atoms with van der Waals surface area (Å²) in [5, 5.41) is 27.8. The summed E-state index contributed by atoms with van der Waals surface area (Å²) in [7, 11) is 0. The zero-order valence-corrected chi connectivity index (χ0v) is 17.5. The standard InChI is InChI=1S/C23H21N3O3S/c1-16-7-6-12-25(15-16)21(23(30)24-14-18-8-4-3-5-9-18)22(27)19-11-10-17(2)20(13-19)26(28)29/h3-13,15H,14H2,1-2H3,(H-,24,27,30). The van der Waals surface area contributed by atoms with Gasteiger partial charge in [0.1, 0.15) is 0 Å². The van der Waals surface area contributed by atoms with Gasteiger partial charge >= 0.3 is 0 Å². The zero-order chi connectivity index (χ0) is 21.7. The fourth-order valence-electron chi connectivity index (χ4n) is 3.02. The molecule has 30 heavy (non-hydrogen) atoms. The van der Waals surface area contributed by atoms with Crippen LogP contribution in [0.3, 0.4) is 0 Å². The lowest BCUT2D eigenvalue weighted by Crippen LogP contribution is -2.42. The Morgan fingerprint density at radius 3 is 2.50 bits per heavy atom. The molecule has 1 aromatic heterocycles. The van der Waals surface area contributed by atoms with E-state index in [0.29, 0.717) is 12.1 Å². The van der Waals surface area contributed by atoms with Crippen LogP contribution in [0.4, 0.5) is 5.69 Å². The average Bonchev–Trinajstić information content (AvgIpc) is 2.73. The third kappa shape index (κ3) is 4.87. The molecule has 0 atom stereocenters. The summed E-state index contributed by atoms with van der Waals surface area (Å²) >= 11 is 5.56. The van der Waals surface area contributed by atoms with Crippen LogP contribution in [0.1, 0.15) is 22.3 Å². The van der Waals surface area contributed by atoms with Gasteiger partial charge in [0.2, 0.25) is 5.70 Å². The number of hydrogen-bond donors (Lipinski definition) is 1. The summed E-state index contributed by atoms with van der Waals surface area (Å²) in [6.45, 7) is 4.00. The number of aryl methyl sites for hydroxylation is 2. The number of aromatic nitrogens is 1. The summed E-state index contributed by atoms with van der Waals surface area (Å²) in [5.74, 6) is -0.390. The Bertz CT molecular complexity index is 1130. The minimum atomic E-state index is -0.489. The second-order valence-corrected chi connectivity index (χ2v) is 7.30. The van der Waals surface area contributed by atoms with Crippen molar-refractivity contribution in [3.05, 3.63) is 105 Å². The third-order valence-corrected chi connectivity index (χ3v) is 4.94. The molecule has 0 fully saturated rings. The lowest BCUT2D eigenvalue weighted by Gasteiger charge is -2.17. The van der Waals surface area contributed by atoms with Gasteiger partial charge in [0.15, 0.2) is 17.4 Å². The maximum atomic E-state index is 13.4. The minimum Gasteiger partial charge on any atom is -0.867 e. The van der Waals surface area contributed by atoms with Gasteiger partial charge < -0.3 is 10.4 Å². The van der Waals surface area contributed by atoms with E-state index in [1.807, 2.05) is 49.4 Å². The van der Waals surface area contributed by atoms with E-state index in [9.17, 15) is 15.2 Å². The van der Waals surface area contributed by atoms with Crippen LogP contribution in [0, 0.1) is 24.0 Å². The average molecular weight is 420 g/mol. The number of thiocarbonyl (C=S) groups is 1. The molecule has 1 N–H and O–H groups in total. The molecule has 152 valence electrons. The molecule has 7 heteroatoms. The molecule has 3 aromatic rings. The first kappa shape index (κ1) is 21.1. The van der Waals surface area contributed by atoms with Crippen LogP contribution in [0.15, 0.2) is 73.1 Å². The van der Waals surface area contributed by atoms with Crippen LogP contribution in [0.25, 0.3) is 11.5 Å². The molecule has 1 heterocycles. The van der Waals surface area contributed by atoms with Gasteiger partial charge in [0, 0.05) is 29.8 Å². The van der Waals surface area contributed by atoms with Crippen molar-refractivity contribution in [2.75, 3.05) is 0 Å². The molecule has 3 rings (SSSR count). The number of rotatable bonds is 6. The zero-order valence-electron chi connectivity index (χ0n) is 16.7. The highest BCUT2D eigenvalue weighted by atomic mass is 32.1. The number of nitro groups is 1. The van der Waals surface area contributed by atoms with Crippen molar-refractivity contribution in [3.8, 4) is 0 Å². The first-order chi connectivity index (χ1) is 14.4. The molecule has 2 aromatic carbocycles. The monoisotopic (exact) mass is 419 g/mol. The first-order valence-electron chi connectivity index (χ1n) is 9.34. The van der Waals surface area contributed by atoms with Gasteiger partial charge in [-0.2, -0.15) is 4.57 Å². The lowest BCUT2D eigenvalue weighted by atomic mass is 10.1. The topological polar surface area (TPSA) is 82.1 Å². The summed E-state index contributed by atoms with van der Waals surface area (Å²) in [4.78, 5) is 11.1. The lowest BCUT2D eigenvalue weighted by molar-refractivity contribution is -0.578. The predicted octanol–water partition coefficient (Wildman–Crippen LogP) is 3.30. The van der Waals surface area contributed by atoms with Crippen molar-refractivity contribution < 1.29 is 14.6 Å². The number of nitrogens with zero attached hydrogens (tertiary/aromatic N) is 2. The second-order valence-electron chi connectivity index (χ2n) is 6.89. The number of hydrogen-bond acceptors (Lipinski definition) is 4. The van der Waals surface area contributed by atoms with E-state index in [2.05, 4.69) is 5.32 Å². The highest BCUT2D eigenvalue weighted by Crippen LogP contribution is 2.23. The Labute approximate surface area is 180 Å². The summed E-state index contributed by atoms with van der Waals surface area (Å²) in [6.07, 6.45) is 3.53. The minimum absolute atomic E-state index is 0.0994. The molecular weight excluding hydrogens is 398 g/mol. The molecule has 0 radical (unpaired) electrons. The molecule has 0 unspecified atom stereocenters. The fraction of sp³-hybridized carbons (Fsp3) is 0.130. The van der Waals surface area contributed by atoms with E-state index in [-0.39, 0.29) is 27.7 Å². The smallest absolute Gasteiger partial charge is 0.272 e. The van der Waals surface area contributed by atoms with Crippen molar-refractivity contribution in [1.82, 2.24) is 5.32 Å². The molecule has 0 amide bonds. The molecule has 0 bridgehead atoms. The van der Waals surface area contributed by atoms with E-state index >= 15 is 0 Å². The Balaban J connectivity index is 2.05. The van der Waals surface area contributed by atoms with Gasteiger partial charge in [-0.1, -0.05) is 54.7 Å². The number of nitrogens with one attached hydrogen (secondary N) is 1. The molecule has 0 spiro atoms. The normalized spacial score (nSPS) is 11.5. The van der Waals surface area contributed by atoms with Crippen molar-refractivity contribution >= 4 is 34.3 Å². The molecule has 6 nitrogen and oxygen atoms in total. The maximum Gasteiger partial charge on any atom is 0.272 e. The van der Waals surface area contributed by atoms with Crippen molar-refractivity contribution in [2.24, 2.45) is 0 Å². The van der Waals surface area contributed by atoms with Crippen LogP contribution in [-0.2, 0) is 6.54 Å². The number of pyridine rings is 1. The Morgan fingerprint density at radius 1 is 1.10 bits per heavy atom. The molecule has 0 aliphatic rings. The van der Waals surface area contributed by atoms with Gasteiger partial charge in [0.05, 0.1) is 4.92 Å². The SMILES string of the molecule is Cc1ccc[n+](/C(C(=S)NCc2ccccc2)=C(/[O-])c2ccc(C)c([N+](=O)[O-])c2)c1. The summed E-state index contributed by atoms with van der Waals surface area (Å²) in [6, 6.07) is 17.9. The van der Waals surface area contributed by atoms with Crippen molar-refractivity contribution in [3.63, 3.8) is 0 Å². The van der Waals surface area contributed by atoms with E-state index in [0.717, 1.165) is 11.1 Å². The molecular formula is C23H21N3O3S. The van der Waals surface area contributed by atoms with Gasteiger partial charge in [-0.3, -0.25) is 10.1 Å². The fourth-order valence-corrected chi connectivity index (χ4v) is 3.29. The molecule has 0 aliphatic carbocycles. The number of benzene rings is 2. The van der Waals surface area contributed by atoms with E-state index in [1.165, 1.54) is 6.07 Å². The van der Waals surface area contributed by atoms with Crippen LogP contribution < -0.4 is 15.0 Å². The number of nitro benzene ring substituents is 1. The predicted molar refractivity (Wildman–Crippen MR) is 118 cm³/mol. The van der Waals surface area contributed by atoms with Gasteiger partial charge in [-0.15, -0.1) is 0 Å². The quantitative estimate of drug-likeness (QED) is 0.166. The van der Waals surface area contributed by atoms with Crippen molar-refractivity contribution in [1.29, 1.82) is 0 Å². The second kappa shape index (κ2) is 9.28. The molecule has 0 saturated carbocycles. The van der Waals surface area contributed by atoms with Crippen molar-refractivity contribution in [2.45, 2.75) is 20.4 Å². The first-order valence-corrected chi connectivity index (χ1v) is 9.75. The van der Waals surface area contributed by atoms with E-state index in [4.69, 9.17) is 12.2 Å². The van der Waals surface area contributed by atoms with Gasteiger partial charge in [-0.05, 0) is 36.8 Å². The third-order valence-electron chi connectivity index (χ3n) is 4.60. The van der Waals surface area contributed by atoms with E-state index in [1.54, 1.807) is 36.0 Å². The largest absolute Gasteiger partial charge is 0.867 e. The summed E-state index contributed by atoms with van der Waals surface area (Å²) < 4.78 is 1.66. The van der Waals surface area contributed by atoms with E-state index < -0.39 is 4.92 Å². The molecule has 0 aliphatic heterocycles. The maximum absolute atomic E-state index is 13.4.